The molecule has 2 aromatic rings. The van der Waals surface area contributed by atoms with Crippen molar-refractivity contribution in [2.24, 2.45) is 0 Å². The van der Waals surface area contributed by atoms with E-state index in [1.807, 2.05) is 46.8 Å². The van der Waals surface area contributed by atoms with Gasteiger partial charge in [-0.2, -0.15) is 0 Å². The molecule has 0 atom stereocenters. The van der Waals surface area contributed by atoms with E-state index in [1.54, 1.807) is 18.2 Å². The Labute approximate surface area is 171 Å². The third-order valence-electron chi connectivity index (χ3n) is 4.10. The quantitative estimate of drug-likeness (QED) is 0.662. The van der Waals surface area contributed by atoms with Crippen molar-refractivity contribution in [2.75, 3.05) is 19.8 Å². The van der Waals surface area contributed by atoms with Crippen LogP contribution < -0.4 is 25.1 Å². The van der Waals surface area contributed by atoms with Crippen LogP contribution in [0.5, 0.6) is 17.2 Å². The van der Waals surface area contributed by atoms with E-state index < -0.39 is 5.91 Å². The fourth-order valence-corrected chi connectivity index (χ4v) is 2.75. The molecule has 7 heteroatoms. The van der Waals surface area contributed by atoms with Crippen molar-refractivity contribution >= 4 is 11.8 Å². The molecule has 2 N–H and O–H groups in total. The maximum Gasteiger partial charge on any atom is 0.269 e. The average Bonchev–Trinajstić information content (AvgIpc) is 2.70. The molecule has 29 heavy (non-hydrogen) atoms. The van der Waals surface area contributed by atoms with Crippen LogP contribution in [0.2, 0.25) is 0 Å². The van der Waals surface area contributed by atoms with Crippen LogP contribution in [-0.4, -0.2) is 31.6 Å². The molecule has 0 spiro atoms. The molecule has 0 radical (unpaired) electrons. The number of carbonyl (C=O) groups excluding carboxylic acids is 2. The molecular weight excluding hydrogens is 372 g/mol. The van der Waals surface area contributed by atoms with Crippen LogP contribution in [0.15, 0.2) is 30.3 Å². The molecule has 2 aromatic carbocycles. The van der Waals surface area contributed by atoms with Crippen LogP contribution in [0, 0.1) is 13.8 Å². The largest absolute Gasteiger partial charge is 0.490 e. The molecule has 2 rings (SSSR count). The normalized spacial score (nSPS) is 10.2. The molecule has 0 unspecified atom stereocenters. The Kier molecular flexibility index (Phi) is 7.88. The highest BCUT2D eigenvalue weighted by molar-refractivity contribution is 6.00. The number of nitrogens with one attached hydrogen (secondary N) is 2. The molecule has 0 saturated carbocycles. The van der Waals surface area contributed by atoms with Crippen molar-refractivity contribution < 1.29 is 23.8 Å². The smallest absolute Gasteiger partial charge is 0.269 e. The number of carbonyl (C=O) groups is 2. The summed E-state index contributed by atoms with van der Waals surface area (Å²) >= 11 is 0. The van der Waals surface area contributed by atoms with Crippen LogP contribution in [0.4, 0.5) is 0 Å². The Morgan fingerprint density at radius 1 is 0.793 bits per heavy atom. The van der Waals surface area contributed by atoms with E-state index in [0.717, 1.165) is 11.1 Å². The third kappa shape index (κ3) is 5.63. The van der Waals surface area contributed by atoms with Crippen LogP contribution in [0.1, 0.15) is 52.6 Å². The van der Waals surface area contributed by atoms with Crippen molar-refractivity contribution in [3.8, 4) is 17.2 Å². The highest BCUT2D eigenvalue weighted by Gasteiger charge is 2.19. The third-order valence-corrected chi connectivity index (χ3v) is 4.10. The van der Waals surface area contributed by atoms with Crippen LogP contribution >= 0.6 is 0 Å². The summed E-state index contributed by atoms with van der Waals surface area (Å²) in [5.41, 5.74) is 7.46. The topological polar surface area (TPSA) is 85.9 Å². The average molecular weight is 400 g/mol. The Hall–Kier alpha value is -3.22. The Morgan fingerprint density at radius 2 is 1.34 bits per heavy atom. The number of hydrazine groups is 1. The lowest BCUT2D eigenvalue weighted by molar-refractivity contribution is 0.0846. The number of rotatable bonds is 8. The number of amides is 2. The van der Waals surface area contributed by atoms with Gasteiger partial charge >= 0.3 is 0 Å². The fraction of sp³-hybridized carbons (Fsp3) is 0.364. The number of ether oxygens (including phenoxy) is 3. The van der Waals surface area contributed by atoms with Crippen molar-refractivity contribution in [2.45, 2.75) is 34.6 Å². The first-order valence-corrected chi connectivity index (χ1v) is 9.65. The number of hydrogen-bond donors (Lipinski definition) is 2. The molecule has 0 aliphatic rings. The molecular formula is C22H28N2O5. The summed E-state index contributed by atoms with van der Waals surface area (Å²) in [5.74, 6) is 0.388. The van der Waals surface area contributed by atoms with E-state index in [2.05, 4.69) is 10.9 Å². The fourth-order valence-electron chi connectivity index (χ4n) is 2.75. The number of hydrogen-bond acceptors (Lipinski definition) is 5. The van der Waals surface area contributed by atoms with Crippen molar-refractivity contribution in [1.82, 2.24) is 10.9 Å². The first kappa shape index (κ1) is 22.1. The summed E-state index contributed by atoms with van der Waals surface area (Å²) in [7, 11) is 0. The maximum absolute atomic E-state index is 12.6. The summed E-state index contributed by atoms with van der Waals surface area (Å²) in [6.45, 7) is 10.5. The molecule has 2 amide bonds. The van der Waals surface area contributed by atoms with Gasteiger partial charge in [-0.3, -0.25) is 20.4 Å². The van der Waals surface area contributed by atoms with E-state index in [1.165, 1.54) is 0 Å². The van der Waals surface area contributed by atoms with Gasteiger partial charge in [0.2, 0.25) is 5.75 Å². The predicted octanol–water partition coefficient (Wildman–Crippen LogP) is 3.57. The molecule has 0 bridgehead atoms. The monoisotopic (exact) mass is 400 g/mol. The standard InChI is InChI=1S/C22H28N2O5/c1-6-27-18-12-16(13-19(28-7-2)20(18)29-8-3)21(25)23-24-22(26)17-11-14(4)9-10-15(17)5/h9-13H,6-8H2,1-5H3,(H,23,25)(H,24,26). The second-order valence-corrected chi connectivity index (χ2v) is 6.33. The lowest BCUT2D eigenvalue weighted by Gasteiger charge is -2.17. The minimum atomic E-state index is -0.492. The second kappa shape index (κ2) is 10.4. The minimum Gasteiger partial charge on any atom is -0.490 e. The number of benzene rings is 2. The zero-order valence-corrected chi connectivity index (χ0v) is 17.5. The van der Waals surface area contributed by atoms with E-state index >= 15 is 0 Å². The molecule has 0 fully saturated rings. The Bertz CT molecular complexity index is 852. The van der Waals surface area contributed by atoms with Gasteiger partial charge in [0.05, 0.1) is 19.8 Å². The summed E-state index contributed by atoms with van der Waals surface area (Å²) in [6.07, 6.45) is 0. The lowest BCUT2D eigenvalue weighted by Crippen LogP contribution is -2.41. The number of aryl methyl sites for hydroxylation is 2. The molecule has 7 nitrogen and oxygen atoms in total. The molecule has 0 aliphatic carbocycles. The van der Waals surface area contributed by atoms with Gasteiger partial charge in [-0.05, 0) is 58.4 Å². The van der Waals surface area contributed by atoms with Gasteiger partial charge in [-0.15, -0.1) is 0 Å². The van der Waals surface area contributed by atoms with Gasteiger partial charge in [0.25, 0.3) is 11.8 Å². The van der Waals surface area contributed by atoms with Crippen LogP contribution in [0.3, 0.4) is 0 Å². The minimum absolute atomic E-state index is 0.279. The van der Waals surface area contributed by atoms with Crippen LogP contribution in [0.25, 0.3) is 0 Å². The highest BCUT2D eigenvalue weighted by Crippen LogP contribution is 2.39. The first-order valence-electron chi connectivity index (χ1n) is 9.65. The van der Waals surface area contributed by atoms with E-state index in [9.17, 15) is 9.59 Å². The van der Waals surface area contributed by atoms with Gasteiger partial charge in [-0.25, -0.2) is 0 Å². The van der Waals surface area contributed by atoms with Gasteiger partial charge in [0.15, 0.2) is 11.5 Å². The zero-order valence-electron chi connectivity index (χ0n) is 17.5. The Morgan fingerprint density at radius 3 is 1.90 bits per heavy atom. The van der Waals surface area contributed by atoms with Crippen molar-refractivity contribution in [3.05, 3.63) is 52.6 Å². The molecule has 0 heterocycles. The lowest BCUT2D eigenvalue weighted by atomic mass is 10.1. The van der Waals surface area contributed by atoms with E-state index in [-0.39, 0.29) is 11.5 Å². The van der Waals surface area contributed by atoms with E-state index in [4.69, 9.17) is 14.2 Å². The molecule has 0 saturated heterocycles. The summed E-state index contributed by atoms with van der Waals surface area (Å²) < 4.78 is 16.9. The zero-order chi connectivity index (χ0) is 21.4. The SMILES string of the molecule is CCOc1cc(C(=O)NNC(=O)c2cc(C)ccc2C)cc(OCC)c1OCC. The molecule has 0 aromatic heterocycles. The van der Waals surface area contributed by atoms with E-state index in [0.29, 0.717) is 42.6 Å². The molecule has 156 valence electrons. The van der Waals surface area contributed by atoms with Crippen molar-refractivity contribution in [3.63, 3.8) is 0 Å². The van der Waals surface area contributed by atoms with Gasteiger partial charge in [0, 0.05) is 11.1 Å². The first-order chi connectivity index (χ1) is 13.9. The highest BCUT2D eigenvalue weighted by atomic mass is 16.5. The Balaban J connectivity index is 2.23. The van der Waals surface area contributed by atoms with Crippen LogP contribution in [-0.2, 0) is 0 Å². The molecule has 0 aliphatic heterocycles. The second-order valence-electron chi connectivity index (χ2n) is 6.33. The van der Waals surface area contributed by atoms with Crippen molar-refractivity contribution in [1.29, 1.82) is 0 Å². The van der Waals surface area contributed by atoms with Gasteiger partial charge < -0.3 is 14.2 Å². The van der Waals surface area contributed by atoms with Gasteiger partial charge in [-0.1, -0.05) is 17.7 Å². The predicted molar refractivity (Wildman–Crippen MR) is 111 cm³/mol. The van der Waals surface area contributed by atoms with Gasteiger partial charge in [0.1, 0.15) is 0 Å². The maximum atomic E-state index is 12.6. The summed E-state index contributed by atoms with van der Waals surface area (Å²) in [5, 5.41) is 0. The summed E-state index contributed by atoms with van der Waals surface area (Å²) in [4.78, 5) is 25.1. The summed E-state index contributed by atoms with van der Waals surface area (Å²) in [6, 6.07) is 8.69.